The summed E-state index contributed by atoms with van der Waals surface area (Å²) in [5, 5.41) is 0. The van der Waals surface area contributed by atoms with E-state index in [-0.39, 0.29) is 4.90 Å². The number of hydrogen-bond acceptors (Lipinski definition) is 3. The molecular formula is C14H20O3S. The molecule has 1 aromatic carbocycles. The van der Waals surface area contributed by atoms with E-state index in [0.717, 1.165) is 30.2 Å². The molecule has 1 saturated carbocycles. The fraction of sp³-hybridized carbons (Fsp3) is 0.571. The summed E-state index contributed by atoms with van der Waals surface area (Å²) < 4.78 is 28.7. The molecular weight excluding hydrogens is 248 g/mol. The van der Waals surface area contributed by atoms with Crippen molar-refractivity contribution in [2.45, 2.75) is 38.0 Å². The maximum atomic E-state index is 11.8. The smallest absolute Gasteiger partial charge is 0.266 e. The molecule has 0 aromatic heterocycles. The van der Waals surface area contributed by atoms with Gasteiger partial charge in [0.1, 0.15) is 0 Å². The first kappa shape index (κ1) is 13.6. The second kappa shape index (κ2) is 5.41. The van der Waals surface area contributed by atoms with Gasteiger partial charge >= 0.3 is 0 Å². The number of benzene rings is 1. The van der Waals surface area contributed by atoms with E-state index in [1.54, 1.807) is 24.3 Å². The molecule has 0 aliphatic heterocycles. The molecule has 0 N–H and O–H groups in total. The predicted octanol–water partition coefficient (Wildman–Crippen LogP) is 3.14. The lowest BCUT2D eigenvalue weighted by molar-refractivity contribution is 0.304. The fourth-order valence-corrected chi connectivity index (χ4v) is 3.03. The normalized spacial score (nSPS) is 23.0. The molecule has 2 atom stereocenters. The van der Waals surface area contributed by atoms with E-state index in [2.05, 4.69) is 6.92 Å². The molecule has 18 heavy (non-hydrogen) atoms. The van der Waals surface area contributed by atoms with Crippen LogP contribution in [0.3, 0.4) is 0 Å². The van der Waals surface area contributed by atoms with Crippen LogP contribution in [0, 0.1) is 18.8 Å². The zero-order valence-electron chi connectivity index (χ0n) is 10.9. The molecule has 0 unspecified atom stereocenters. The predicted molar refractivity (Wildman–Crippen MR) is 70.8 cm³/mol. The van der Waals surface area contributed by atoms with E-state index in [0.29, 0.717) is 6.61 Å². The lowest BCUT2D eigenvalue weighted by Gasteiger charge is -2.05. The molecule has 3 nitrogen and oxygen atoms in total. The first-order valence-electron chi connectivity index (χ1n) is 6.45. The van der Waals surface area contributed by atoms with Crippen molar-refractivity contribution in [2.24, 2.45) is 11.8 Å². The minimum Gasteiger partial charge on any atom is -0.266 e. The Morgan fingerprint density at radius 3 is 2.44 bits per heavy atom. The second-order valence-corrected chi connectivity index (χ2v) is 6.82. The van der Waals surface area contributed by atoms with Gasteiger partial charge in [-0.3, -0.25) is 4.18 Å². The fourth-order valence-electron chi connectivity index (χ4n) is 2.09. The minimum absolute atomic E-state index is 0.243. The Hall–Kier alpha value is -0.870. The molecule has 1 aromatic rings. The van der Waals surface area contributed by atoms with Gasteiger partial charge in [-0.15, -0.1) is 0 Å². The third-order valence-corrected chi connectivity index (χ3v) is 4.87. The van der Waals surface area contributed by atoms with Gasteiger partial charge in [0.15, 0.2) is 0 Å². The van der Waals surface area contributed by atoms with Crippen molar-refractivity contribution in [3.8, 4) is 0 Å². The van der Waals surface area contributed by atoms with Gasteiger partial charge in [-0.05, 0) is 50.2 Å². The molecule has 2 rings (SSSR count). The quantitative estimate of drug-likeness (QED) is 0.588. The van der Waals surface area contributed by atoms with Gasteiger partial charge in [0.05, 0.1) is 11.5 Å². The van der Waals surface area contributed by atoms with Gasteiger partial charge in [-0.25, -0.2) is 0 Å². The summed E-state index contributed by atoms with van der Waals surface area (Å²) in [5.41, 5.74) is 1.04. The molecule has 0 spiro atoms. The van der Waals surface area contributed by atoms with E-state index in [9.17, 15) is 8.42 Å². The van der Waals surface area contributed by atoms with Crippen LogP contribution in [0.4, 0.5) is 0 Å². The van der Waals surface area contributed by atoms with Gasteiger partial charge < -0.3 is 0 Å². The highest BCUT2D eigenvalue weighted by atomic mass is 32.2. The van der Waals surface area contributed by atoms with Crippen molar-refractivity contribution in [1.29, 1.82) is 0 Å². The molecule has 1 aliphatic carbocycles. The van der Waals surface area contributed by atoms with Crippen molar-refractivity contribution in [1.82, 2.24) is 0 Å². The topological polar surface area (TPSA) is 43.4 Å². The van der Waals surface area contributed by atoms with Crippen LogP contribution in [0.5, 0.6) is 0 Å². The van der Waals surface area contributed by atoms with Gasteiger partial charge in [0, 0.05) is 0 Å². The molecule has 4 heteroatoms. The first-order chi connectivity index (χ1) is 8.49. The summed E-state index contributed by atoms with van der Waals surface area (Å²) in [4.78, 5) is 0.243. The maximum absolute atomic E-state index is 11.8. The zero-order chi connectivity index (χ0) is 13.2. The van der Waals surface area contributed by atoms with Crippen LogP contribution in [-0.2, 0) is 14.3 Å². The van der Waals surface area contributed by atoms with Crippen LogP contribution < -0.4 is 0 Å². The number of rotatable bonds is 6. The lowest BCUT2D eigenvalue weighted by Crippen LogP contribution is -2.07. The highest BCUT2D eigenvalue weighted by Crippen LogP contribution is 2.41. The van der Waals surface area contributed by atoms with E-state index in [1.165, 1.54) is 6.42 Å². The summed E-state index contributed by atoms with van der Waals surface area (Å²) in [7, 11) is -3.57. The maximum Gasteiger partial charge on any atom is 0.296 e. The summed E-state index contributed by atoms with van der Waals surface area (Å²) in [6, 6.07) is 6.74. The van der Waals surface area contributed by atoms with Crippen molar-refractivity contribution in [3.63, 3.8) is 0 Å². The highest BCUT2D eigenvalue weighted by molar-refractivity contribution is 7.86. The van der Waals surface area contributed by atoms with Gasteiger partial charge in [-0.2, -0.15) is 8.42 Å². The molecule has 0 saturated heterocycles. The van der Waals surface area contributed by atoms with E-state index < -0.39 is 10.1 Å². The summed E-state index contributed by atoms with van der Waals surface area (Å²) in [5.74, 6) is 1.61. The van der Waals surface area contributed by atoms with E-state index in [4.69, 9.17) is 4.18 Å². The Morgan fingerprint density at radius 1 is 1.28 bits per heavy atom. The van der Waals surface area contributed by atoms with E-state index in [1.807, 2.05) is 6.92 Å². The Labute approximate surface area is 109 Å². The molecule has 1 aliphatic rings. The van der Waals surface area contributed by atoms with Crippen LogP contribution in [-0.4, -0.2) is 15.0 Å². The monoisotopic (exact) mass is 268 g/mol. The van der Waals surface area contributed by atoms with Crippen LogP contribution >= 0.6 is 0 Å². The lowest BCUT2D eigenvalue weighted by atomic mass is 10.2. The van der Waals surface area contributed by atoms with Crippen LogP contribution in [0.15, 0.2) is 29.2 Å². The van der Waals surface area contributed by atoms with Crippen molar-refractivity contribution in [2.75, 3.05) is 6.61 Å². The third-order valence-electron chi connectivity index (χ3n) is 3.54. The Balaban J connectivity index is 1.81. The van der Waals surface area contributed by atoms with Crippen LogP contribution in [0.1, 0.15) is 31.7 Å². The molecule has 0 radical (unpaired) electrons. The second-order valence-electron chi connectivity index (χ2n) is 5.20. The number of hydrogen-bond donors (Lipinski definition) is 0. The average molecular weight is 268 g/mol. The first-order valence-corrected chi connectivity index (χ1v) is 7.86. The van der Waals surface area contributed by atoms with Gasteiger partial charge in [0.2, 0.25) is 0 Å². The Kier molecular flexibility index (Phi) is 4.07. The van der Waals surface area contributed by atoms with E-state index >= 15 is 0 Å². The SMILES string of the molecule is Cc1ccc(S(=O)(=O)OCCC[C@@H]2C[C@@H]2C)cc1. The molecule has 100 valence electrons. The minimum atomic E-state index is -3.57. The van der Waals surface area contributed by atoms with Crippen molar-refractivity contribution in [3.05, 3.63) is 29.8 Å². The molecule has 0 amide bonds. The van der Waals surface area contributed by atoms with Gasteiger partial charge in [-0.1, -0.05) is 24.6 Å². The summed E-state index contributed by atoms with van der Waals surface area (Å²) in [6.07, 6.45) is 3.18. The third kappa shape index (κ3) is 3.56. The van der Waals surface area contributed by atoms with Crippen molar-refractivity contribution >= 4 is 10.1 Å². The Morgan fingerprint density at radius 2 is 1.89 bits per heavy atom. The van der Waals surface area contributed by atoms with Crippen LogP contribution in [0.25, 0.3) is 0 Å². The Bertz CT molecular complexity index is 490. The standard InChI is InChI=1S/C14H20O3S/c1-11-5-7-14(8-6-11)18(15,16)17-9-3-4-13-10-12(13)2/h5-8,12-13H,3-4,9-10H2,1-2H3/t12-,13+/m0/s1. The van der Waals surface area contributed by atoms with Crippen LogP contribution in [0.2, 0.25) is 0 Å². The zero-order valence-corrected chi connectivity index (χ0v) is 11.7. The van der Waals surface area contributed by atoms with Gasteiger partial charge in [0.25, 0.3) is 10.1 Å². The molecule has 0 bridgehead atoms. The van der Waals surface area contributed by atoms with Crippen molar-refractivity contribution < 1.29 is 12.6 Å². The molecule has 0 heterocycles. The number of aryl methyl sites for hydroxylation is 1. The molecule has 1 fully saturated rings. The summed E-state index contributed by atoms with van der Waals surface area (Å²) >= 11 is 0. The average Bonchev–Trinajstić information content (AvgIpc) is 3.02. The summed E-state index contributed by atoms with van der Waals surface area (Å²) in [6.45, 7) is 4.45. The largest absolute Gasteiger partial charge is 0.296 e. The highest BCUT2D eigenvalue weighted by Gasteiger charge is 2.31.